The lowest BCUT2D eigenvalue weighted by Crippen LogP contribution is -2.43. The number of para-hydroxylation sites is 1. The van der Waals surface area contributed by atoms with Crippen LogP contribution in [0.15, 0.2) is 66.7 Å². The number of imide groups is 2. The first-order valence-corrected chi connectivity index (χ1v) is 11.3. The molecule has 2 aliphatic heterocycles. The van der Waals surface area contributed by atoms with E-state index in [0.717, 1.165) is 21.6 Å². The fourth-order valence-corrected chi connectivity index (χ4v) is 5.09. The highest BCUT2D eigenvalue weighted by atomic mass is 16.2. The maximum absolute atomic E-state index is 13.7. The zero-order valence-corrected chi connectivity index (χ0v) is 19.4. The van der Waals surface area contributed by atoms with Crippen LogP contribution < -0.4 is 9.80 Å². The molecule has 0 radical (unpaired) electrons. The number of hydrogen-bond acceptors (Lipinski definition) is 4. The Kier molecular flexibility index (Phi) is 4.32. The summed E-state index contributed by atoms with van der Waals surface area (Å²) >= 11 is 0. The molecule has 0 N–H and O–H groups in total. The first-order chi connectivity index (χ1) is 16.8. The zero-order valence-electron chi connectivity index (χ0n) is 19.4. The van der Waals surface area contributed by atoms with Gasteiger partial charge in [-0.2, -0.15) is 0 Å². The number of rotatable bonds is 2. The molecular weight excluding hydrogens is 440 g/mol. The molecule has 35 heavy (non-hydrogen) atoms. The number of benzene rings is 4. The quantitative estimate of drug-likeness (QED) is 0.377. The second-order valence-corrected chi connectivity index (χ2v) is 9.02. The van der Waals surface area contributed by atoms with Crippen LogP contribution >= 0.6 is 0 Å². The van der Waals surface area contributed by atoms with E-state index in [-0.39, 0.29) is 0 Å². The number of anilines is 2. The Balaban J connectivity index is 1.57. The van der Waals surface area contributed by atoms with Gasteiger partial charge in [-0.05, 0) is 79.9 Å². The molecule has 0 aromatic heterocycles. The van der Waals surface area contributed by atoms with Gasteiger partial charge in [-0.25, -0.2) is 9.80 Å². The van der Waals surface area contributed by atoms with Crippen molar-refractivity contribution >= 4 is 45.8 Å². The third-order valence-corrected chi connectivity index (χ3v) is 6.96. The van der Waals surface area contributed by atoms with Gasteiger partial charge in [0.1, 0.15) is 0 Å². The molecule has 0 bridgehead atoms. The lowest BCUT2D eigenvalue weighted by Gasteiger charge is -2.32. The van der Waals surface area contributed by atoms with Crippen molar-refractivity contribution < 1.29 is 19.2 Å². The Morgan fingerprint density at radius 3 is 1.40 bits per heavy atom. The summed E-state index contributed by atoms with van der Waals surface area (Å²) in [6.07, 6.45) is 0. The molecule has 6 nitrogen and oxygen atoms in total. The van der Waals surface area contributed by atoms with E-state index in [1.165, 1.54) is 4.90 Å². The smallest absolute Gasteiger partial charge is 0.265 e. The Morgan fingerprint density at radius 2 is 0.914 bits per heavy atom. The number of hydrogen-bond donors (Lipinski definition) is 0. The fourth-order valence-electron chi connectivity index (χ4n) is 5.09. The van der Waals surface area contributed by atoms with Crippen molar-refractivity contribution in [2.75, 3.05) is 9.80 Å². The van der Waals surface area contributed by atoms with Crippen LogP contribution in [0.25, 0.3) is 10.8 Å². The summed E-state index contributed by atoms with van der Waals surface area (Å²) < 4.78 is 0. The molecule has 6 heteroatoms. The molecule has 0 atom stereocenters. The van der Waals surface area contributed by atoms with Crippen molar-refractivity contribution in [3.63, 3.8) is 0 Å². The number of aryl methyl sites for hydroxylation is 3. The van der Waals surface area contributed by atoms with E-state index in [4.69, 9.17) is 0 Å². The van der Waals surface area contributed by atoms with E-state index in [1.54, 1.807) is 48.5 Å². The van der Waals surface area contributed by atoms with Crippen LogP contribution in [-0.2, 0) is 0 Å². The summed E-state index contributed by atoms with van der Waals surface area (Å²) in [6.45, 7) is 5.79. The van der Waals surface area contributed by atoms with Gasteiger partial charge >= 0.3 is 0 Å². The number of carbonyl (C=O) groups excluding carboxylic acids is 4. The van der Waals surface area contributed by atoms with Gasteiger partial charge in [0.05, 0.1) is 11.4 Å². The van der Waals surface area contributed by atoms with Crippen molar-refractivity contribution in [2.24, 2.45) is 0 Å². The maximum Gasteiger partial charge on any atom is 0.265 e. The molecule has 2 aliphatic rings. The molecule has 0 saturated heterocycles. The van der Waals surface area contributed by atoms with Gasteiger partial charge < -0.3 is 0 Å². The van der Waals surface area contributed by atoms with Gasteiger partial charge in [0.2, 0.25) is 0 Å². The van der Waals surface area contributed by atoms with Crippen LogP contribution in [0.5, 0.6) is 0 Å². The van der Waals surface area contributed by atoms with Crippen molar-refractivity contribution in [2.45, 2.75) is 20.8 Å². The summed E-state index contributed by atoms with van der Waals surface area (Å²) in [7, 11) is 0. The molecule has 0 aliphatic carbocycles. The number of carbonyl (C=O) groups is 4. The topological polar surface area (TPSA) is 74.8 Å². The summed E-state index contributed by atoms with van der Waals surface area (Å²) in [4.78, 5) is 56.5. The highest BCUT2D eigenvalue weighted by molar-refractivity contribution is 6.42. The van der Waals surface area contributed by atoms with Gasteiger partial charge in [0, 0.05) is 33.0 Å². The van der Waals surface area contributed by atoms with Crippen molar-refractivity contribution in [1.29, 1.82) is 0 Å². The van der Waals surface area contributed by atoms with E-state index >= 15 is 0 Å². The Labute approximate surface area is 201 Å². The minimum Gasteiger partial charge on any atom is -0.268 e. The molecule has 0 spiro atoms. The highest BCUT2D eigenvalue weighted by Gasteiger charge is 2.40. The monoisotopic (exact) mass is 460 g/mol. The van der Waals surface area contributed by atoms with Crippen LogP contribution in [0.1, 0.15) is 58.1 Å². The summed E-state index contributed by atoms with van der Waals surface area (Å²) in [5, 5.41) is 0.725. The third-order valence-electron chi connectivity index (χ3n) is 6.96. The van der Waals surface area contributed by atoms with Crippen molar-refractivity contribution in [3.8, 4) is 0 Å². The predicted molar refractivity (Wildman–Crippen MR) is 133 cm³/mol. The maximum atomic E-state index is 13.7. The molecule has 0 unspecified atom stereocenters. The predicted octanol–water partition coefficient (Wildman–Crippen LogP) is 5.37. The van der Waals surface area contributed by atoms with Gasteiger partial charge in [-0.15, -0.1) is 0 Å². The SMILES string of the molecule is Cc1cc(C)c(N2C(=O)c3ccc4c5c(ccc(c35)C2=O)C(=O)N(c2ccccc2)C4=O)cc1C. The molecule has 2 heterocycles. The van der Waals surface area contributed by atoms with E-state index < -0.39 is 23.6 Å². The first-order valence-electron chi connectivity index (χ1n) is 11.3. The Morgan fingerprint density at radius 1 is 0.486 bits per heavy atom. The third kappa shape index (κ3) is 2.77. The minimum absolute atomic E-state index is 0.292. The molecule has 4 aromatic rings. The lowest BCUT2D eigenvalue weighted by molar-refractivity contribution is 0.0873. The molecule has 4 amide bonds. The van der Waals surface area contributed by atoms with Gasteiger partial charge in [-0.1, -0.05) is 24.3 Å². The van der Waals surface area contributed by atoms with Crippen LogP contribution in [0.3, 0.4) is 0 Å². The van der Waals surface area contributed by atoms with Crippen LogP contribution in [-0.4, -0.2) is 23.6 Å². The highest BCUT2D eigenvalue weighted by Crippen LogP contribution is 2.40. The zero-order chi connectivity index (χ0) is 24.6. The average molecular weight is 460 g/mol. The van der Waals surface area contributed by atoms with Crippen molar-refractivity contribution in [1.82, 2.24) is 0 Å². The second-order valence-electron chi connectivity index (χ2n) is 9.02. The Hall–Kier alpha value is -4.58. The van der Waals surface area contributed by atoms with E-state index in [0.29, 0.717) is 44.4 Å². The first kappa shape index (κ1) is 21.0. The standard InChI is InChI=1S/C29H20N2O4/c1-15-13-17(3)23(14-16(15)2)31-28(34)21-11-9-19-24-20(10-12-22(25(21)24)29(31)35)27(33)30(26(19)32)18-7-5-4-6-8-18/h4-14H,1-3H3. The molecule has 0 fully saturated rings. The van der Waals surface area contributed by atoms with Crippen molar-refractivity contribution in [3.05, 3.63) is 106 Å². The van der Waals surface area contributed by atoms with Crippen LogP contribution in [0.2, 0.25) is 0 Å². The van der Waals surface area contributed by atoms with E-state index in [2.05, 4.69) is 0 Å². The largest absolute Gasteiger partial charge is 0.268 e. The average Bonchev–Trinajstić information content (AvgIpc) is 2.85. The van der Waals surface area contributed by atoms with Gasteiger partial charge in [-0.3, -0.25) is 19.2 Å². The second kappa shape index (κ2) is 7.21. The molecule has 170 valence electrons. The minimum atomic E-state index is -0.482. The lowest BCUT2D eigenvalue weighted by atomic mass is 9.85. The van der Waals surface area contributed by atoms with E-state index in [1.807, 2.05) is 39.0 Å². The van der Waals surface area contributed by atoms with E-state index in [9.17, 15) is 19.2 Å². The summed E-state index contributed by atoms with van der Waals surface area (Å²) in [5.41, 5.74) is 5.03. The number of nitrogens with zero attached hydrogens (tertiary/aromatic N) is 2. The van der Waals surface area contributed by atoms with Crippen LogP contribution in [0.4, 0.5) is 11.4 Å². The number of amides is 4. The Bertz CT molecular complexity index is 1580. The van der Waals surface area contributed by atoms with Gasteiger partial charge in [0.15, 0.2) is 0 Å². The van der Waals surface area contributed by atoms with Gasteiger partial charge in [0.25, 0.3) is 23.6 Å². The fraction of sp³-hybridized carbons (Fsp3) is 0.103. The van der Waals surface area contributed by atoms with Crippen LogP contribution in [0, 0.1) is 20.8 Å². The summed E-state index contributed by atoms with van der Waals surface area (Å²) in [6, 6.07) is 18.8. The normalized spacial score (nSPS) is 14.8. The molecular formula is C29H20N2O4. The summed E-state index contributed by atoms with van der Waals surface area (Å²) in [5.74, 6) is -1.90. The molecule has 4 aromatic carbocycles. The molecule has 6 rings (SSSR count). The molecule has 0 saturated carbocycles.